The topological polar surface area (TPSA) is 111 Å². The molecule has 10 heteroatoms. The maximum absolute atomic E-state index is 13.2. The summed E-state index contributed by atoms with van der Waals surface area (Å²) < 4.78 is 41.2. The fourth-order valence-corrected chi connectivity index (χ4v) is 4.78. The van der Waals surface area contributed by atoms with Crippen LogP contribution in [0.25, 0.3) is 10.9 Å². The van der Waals surface area contributed by atoms with Crippen molar-refractivity contribution in [1.29, 1.82) is 0 Å². The van der Waals surface area contributed by atoms with Gasteiger partial charge in [0.2, 0.25) is 0 Å². The van der Waals surface area contributed by atoms with Gasteiger partial charge >= 0.3 is 0 Å². The molecule has 0 aliphatic carbocycles. The van der Waals surface area contributed by atoms with Crippen molar-refractivity contribution in [3.63, 3.8) is 0 Å². The molecule has 30 heavy (non-hydrogen) atoms. The fourth-order valence-electron chi connectivity index (χ4n) is 3.44. The lowest BCUT2D eigenvalue weighted by Gasteiger charge is -2.14. The summed E-state index contributed by atoms with van der Waals surface area (Å²) >= 11 is 0. The summed E-state index contributed by atoms with van der Waals surface area (Å²) in [5, 5.41) is 12.0. The van der Waals surface area contributed by atoms with Crippen LogP contribution in [-0.4, -0.2) is 42.6 Å². The summed E-state index contributed by atoms with van der Waals surface area (Å²) in [5.41, 5.74) is 2.63. The highest BCUT2D eigenvalue weighted by Gasteiger charge is 2.26. The first-order valence-corrected chi connectivity index (χ1v) is 10.6. The van der Waals surface area contributed by atoms with Crippen molar-refractivity contribution >= 4 is 26.7 Å². The van der Waals surface area contributed by atoms with Crippen LogP contribution in [0.2, 0.25) is 0 Å². The Kier molecular flexibility index (Phi) is 5.08. The van der Waals surface area contributed by atoms with Crippen molar-refractivity contribution in [3.8, 4) is 11.5 Å². The zero-order chi connectivity index (χ0) is 21.3. The van der Waals surface area contributed by atoms with Gasteiger partial charge in [-0.3, -0.25) is 14.5 Å². The van der Waals surface area contributed by atoms with Gasteiger partial charge < -0.3 is 9.47 Å². The quantitative estimate of drug-likeness (QED) is 0.469. The number of aryl methyl sites for hydroxylation is 1. The van der Waals surface area contributed by atoms with E-state index in [1.54, 1.807) is 24.4 Å². The van der Waals surface area contributed by atoms with Crippen LogP contribution in [0.1, 0.15) is 11.1 Å². The average molecular weight is 427 g/mol. The van der Waals surface area contributed by atoms with Crippen LogP contribution < -0.4 is 14.2 Å². The number of benzene rings is 2. The SMILES string of the molecule is COc1cccc(OC)c1S(=O)(=O)Nc1n[nH]c2cc(Cn3cccn3)cc(C)c12. The Morgan fingerprint density at radius 2 is 1.87 bits per heavy atom. The Hall–Kier alpha value is -3.53. The number of hydrogen-bond donors (Lipinski definition) is 2. The number of methoxy groups -OCH3 is 2. The molecule has 0 aliphatic heterocycles. The first-order chi connectivity index (χ1) is 14.4. The van der Waals surface area contributed by atoms with Crippen molar-refractivity contribution in [1.82, 2.24) is 20.0 Å². The van der Waals surface area contributed by atoms with Crippen LogP contribution in [-0.2, 0) is 16.6 Å². The molecule has 0 saturated carbocycles. The van der Waals surface area contributed by atoms with Crippen LogP contribution in [0.5, 0.6) is 11.5 Å². The molecule has 4 aromatic rings. The highest BCUT2D eigenvalue weighted by Crippen LogP contribution is 2.35. The maximum atomic E-state index is 13.2. The van der Waals surface area contributed by atoms with Gasteiger partial charge in [0.1, 0.15) is 11.5 Å². The fraction of sp³-hybridized carbons (Fsp3) is 0.200. The summed E-state index contributed by atoms with van der Waals surface area (Å²) in [6.07, 6.45) is 3.60. The summed E-state index contributed by atoms with van der Waals surface area (Å²) in [6, 6.07) is 10.6. The minimum absolute atomic E-state index is 0.0842. The van der Waals surface area contributed by atoms with Gasteiger partial charge in [-0.25, -0.2) is 8.42 Å². The van der Waals surface area contributed by atoms with Crippen molar-refractivity contribution in [3.05, 3.63) is 59.9 Å². The standard InChI is InChI=1S/C20H21N5O4S/c1-13-10-14(12-25-9-5-8-21-25)11-15-18(13)20(23-22-15)24-30(26,27)19-16(28-2)6-4-7-17(19)29-3/h4-11H,12H2,1-3H3,(H2,22,23,24). The van der Waals surface area contributed by atoms with E-state index < -0.39 is 10.0 Å². The number of aromatic nitrogens is 4. The number of ether oxygens (including phenoxy) is 2. The lowest BCUT2D eigenvalue weighted by Crippen LogP contribution is -2.16. The van der Waals surface area contributed by atoms with Crippen molar-refractivity contribution in [2.75, 3.05) is 18.9 Å². The molecule has 156 valence electrons. The molecule has 0 saturated heterocycles. The molecule has 2 heterocycles. The number of H-pyrrole nitrogens is 1. The molecule has 4 rings (SSSR count). The maximum Gasteiger partial charge on any atom is 0.270 e. The predicted octanol–water partition coefficient (Wildman–Crippen LogP) is 2.93. The third-order valence-electron chi connectivity index (χ3n) is 4.71. The van der Waals surface area contributed by atoms with Gasteiger partial charge in [0, 0.05) is 17.8 Å². The molecule has 0 bridgehead atoms. The minimum atomic E-state index is -4.02. The van der Waals surface area contributed by atoms with Crippen LogP contribution in [0.15, 0.2) is 53.7 Å². The zero-order valence-corrected chi connectivity index (χ0v) is 17.5. The molecule has 2 aromatic heterocycles. The number of hydrogen-bond acceptors (Lipinski definition) is 6. The van der Waals surface area contributed by atoms with E-state index in [1.807, 2.05) is 36.0 Å². The number of fused-ring (bicyclic) bond motifs is 1. The third kappa shape index (κ3) is 3.57. The number of sulfonamides is 1. The van der Waals surface area contributed by atoms with Crippen LogP contribution in [0.4, 0.5) is 5.82 Å². The van der Waals surface area contributed by atoms with Crippen molar-refractivity contribution < 1.29 is 17.9 Å². The Bertz CT molecular complexity index is 1270. The molecule has 0 radical (unpaired) electrons. The molecule has 0 unspecified atom stereocenters. The number of nitrogens with one attached hydrogen (secondary N) is 2. The Morgan fingerprint density at radius 3 is 2.50 bits per heavy atom. The summed E-state index contributed by atoms with van der Waals surface area (Å²) in [5.74, 6) is 0.570. The second kappa shape index (κ2) is 7.71. The lowest BCUT2D eigenvalue weighted by atomic mass is 10.1. The second-order valence-electron chi connectivity index (χ2n) is 6.71. The van der Waals surface area contributed by atoms with Gasteiger partial charge in [-0.15, -0.1) is 0 Å². The van der Waals surface area contributed by atoms with Crippen molar-refractivity contribution in [2.24, 2.45) is 0 Å². The molecule has 0 amide bonds. The smallest absolute Gasteiger partial charge is 0.270 e. The molecule has 0 fully saturated rings. The molecule has 2 aromatic carbocycles. The normalized spacial score (nSPS) is 11.6. The van der Waals surface area contributed by atoms with Crippen molar-refractivity contribution in [2.45, 2.75) is 18.4 Å². The first kappa shape index (κ1) is 19.8. The summed E-state index contributed by atoms with van der Waals surface area (Å²) in [4.78, 5) is -0.0842. The average Bonchev–Trinajstić information content (AvgIpc) is 3.37. The first-order valence-electron chi connectivity index (χ1n) is 9.12. The van der Waals surface area contributed by atoms with E-state index in [9.17, 15) is 8.42 Å². The van der Waals surface area contributed by atoms with Gasteiger partial charge in [-0.2, -0.15) is 10.2 Å². The number of anilines is 1. The van der Waals surface area contributed by atoms with Gasteiger partial charge in [0.25, 0.3) is 10.0 Å². The zero-order valence-electron chi connectivity index (χ0n) is 16.7. The molecule has 0 atom stereocenters. The molecule has 0 spiro atoms. The largest absolute Gasteiger partial charge is 0.495 e. The Morgan fingerprint density at radius 1 is 1.13 bits per heavy atom. The van der Waals surface area contributed by atoms with E-state index in [0.717, 1.165) is 16.6 Å². The van der Waals surface area contributed by atoms with Gasteiger partial charge in [0.05, 0.1) is 26.3 Å². The highest BCUT2D eigenvalue weighted by molar-refractivity contribution is 7.93. The molecular formula is C20H21N5O4S. The van der Waals surface area contributed by atoms with E-state index in [2.05, 4.69) is 20.0 Å². The monoisotopic (exact) mass is 427 g/mol. The van der Waals surface area contributed by atoms with Crippen LogP contribution in [0, 0.1) is 6.92 Å². The summed E-state index contributed by atoms with van der Waals surface area (Å²) in [6.45, 7) is 2.51. The molecule has 2 N–H and O–H groups in total. The number of rotatable bonds is 7. The van der Waals surface area contributed by atoms with Gasteiger partial charge in [0.15, 0.2) is 10.7 Å². The molecular weight excluding hydrogens is 406 g/mol. The third-order valence-corrected chi connectivity index (χ3v) is 6.11. The Labute approximate surface area is 173 Å². The highest BCUT2D eigenvalue weighted by atomic mass is 32.2. The second-order valence-corrected chi connectivity index (χ2v) is 8.33. The number of aromatic amines is 1. The molecule has 0 aliphatic rings. The van der Waals surface area contributed by atoms with E-state index in [1.165, 1.54) is 14.2 Å². The number of nitrogens with zero attached hydrogens (tertiary/aromatic N) is 3. The van der Waals surface area contributed by atoms with E-state index in [0.29, 0.717) is 11.9 Å². The van der Waals surface area contributed by atoms with Crippen LogP contribution in [0.3, 0.4) is 0 Å². The van der Waals surface area contributed by atoms with Crippen LogP contribution >= 0.6 is 0 Å². The predicted molar refractivity (Wildman–Crippen MR) is 113 cm³/mol. The van der Waals surface area contributed by atoms with E-state index >= 15 is 0 Å². The van der Waals surface area contributed by atoms with E-state index in [4.69, 9.17) is 9.47 Å². The molecule has 9 nitrogen and oxygen atoms in total. The minimum Gasteiger partial charge on any atom is -0.495 e. The summed E-state index contributed by atoms with van der Waals surface area (Å²) in [7, 11) is -1.21. The van der Waals surface area contributed by atoms with Gasteiger partial charge in [-0.1, -0.05) is 12.1 Å². The Balaban J connectivity index is 1.73. The van der Waals surface area contributed by atoms with E-state index in [-0.39, 0.29) is 22.2 Å². The lowest BCUT2D eigenvalue weighted by molar-refractivity contribution is 0.373. The van der Waals surface area contributed by atoms with Gasteiger partial charge in [-0.05, 0) is 42.3 Å².